The molecule has 1 aliphatic heterocycles. The van der Waals surface area contributed by atoms with Crippen molar-refractivity contribution in [2.45, 2.75) is 5.66 Å². The largest absolute Gasteiger partial charge is 0.392 e. The molecule has 0 fully saturated rings. The Bertz CT molecular complexity index is 613. The molecule has 1 heterocycles. The van der Waals surface area contributed by atoms with Crippen LogP contribution in [-0.4, -0.2) is 17.6 Å². The van der Waals surface area contributed by atoms with E-state index in [1.165, 1.54) is 0 Å². The number of para-hydroxylation sites is 1. The number of anilines is 1. The quantitative estimate of drug-likeness (QED) is 0.764. The predicted molar refractivity (Wildman–Crippen MR) is 72.7 cm³/mol. The Morgan fingerprint density at radius 1 is 0.947 bits per heavy atom. The highest BCUT2D eigenvalue weighted by Crippen LogP contribution is 2.30. The minimum absolute atomic E-state index is 0.188. The Hall–Kier alpha value is -2.33. The normalized spacial score (nSPS) is 21.2. The van der Waals surface area contributed by atoms with Crippen molar-refractivity contribution in [1.29, 1.82) is 0 Å². The third-order valence-corrected chi connectivity index (χ3v) is 3.35. The third kappa shape index (κ3) is 1.86. The average molecular weight is 254 g/mol. The number of hydrogen-bond donors (Lipinski definition) is 3. The molecule has 0 aromatic heterocycles. The number of aliphatic hydroxyl groups excluding tert-OH is 1. The Balaban J connectivity index is 2.09. The number of aliphatic hydroxyl groups is 1. The summed E-state index contributed by atoms with van der Waals surface area (Å²) >= 11 is 0. The summed E-state index contributed by atoms with van der Waals surface area (Å²) in [4.78, 5) is 12.2. The van der Waals surface area contributed by atoms with E-state index in [0.717, 1.165) is 11.3 Å². The Labute approximate surface area is 111 Å². The second-order valence-corrected chi connectivity index (χ2v) is 4.55. The van der Waals surface area contributed by atoms with Gasteiger partial charge in [-0.25, -0.2) is 0 Å². The molecule has 2 aromatic rings. The summed E-state index contributed by atoms with van der Waals surface area (Å²) in [5, 5.41) is 15.8. The highest BCUT2D eigenvalue weighted by molar-refractivity contribution is 6.02. The summed E-state index contributed by atoms with van der Waals surface area (Å²) in [7, 11) is 0. The van der Waals surface area contributed by atoms with Crippen molar-refractivity contribution in [3.63, 3.8) is 0 Å². The number of nitrogens with one attached hydrogen (secondary N) is 2. The van der Waals surface area contributed by atoms with E-state index in [-0.39, 0.29) is 12.5 Å². The maximum atomic E-state index is 12.2. The maximum absolute atomic E-state index is 12.2. The molecule has 0 saturated heterocycles. The van der Waals surface area contributed by atoms with E-state index in [4.69, 9.17) is 0 Å². The van der Waals surface area contributed by atoms with Gasteiger partial charge in [-0.2, -0.15) is 0 Å². The molecule has 19 heavy (non-hydrogen) atoms. The van der Waals surface area contributed by atoms with E-state index in [1.54, 1.807) is 6.07 Å². The van der Waals surface area contributed by atoms with Gasteiger partial charge in [0.1, 0.15) is 0 Å². The molecule has 1 atom stereocenters. The molecule has 1 unspecified atom stereocenters. The maximum Gasteiger partial charge on any atom is 0.255 e. The van der Waals surface area contributed by atoms with E-state index < -0.39 is 5.66 Å². The first-order valence-electron chi connectivity index (χ1n) is 6.11. The standard InChI is InChI=1S/C15H14N2O2/c18-10-15(11-6-2-1-3-7-11)16-13-9-5-4-8-12(13)14(19)17-15/h1-9,16,18H,10H2,(H,17,19). The van der Waals surface area contributed by atoms with Gasteiger partial charge in [-0.05, 0) is 17.7 Å². The minimum Gasteiger partial charge on any atom is -0.392 e. The summed E-state index contributed by atoms with van der Waals surface area (Å²) in [5.74, 6) is -0.188. The Morgan fingerprint density at radius 3 is 2.37 bits per heavy atom. The molecule has 1 amide bonds. The van der Waals surface area contributed by atoms with Crippen LogP contribution in [0.25, 0.3) is 0 Å². The number of rotatable bonds is 2. The molecule has 96 valence electrons. The topological polar surface area (TPSA) is 61.4 Å². The number of amides is 1. The monoisotopic (exact) mass is 254 g/mol. The lowest BCUT2D eigenvalue weighted by Crippen LogP contribution is -2.57. The molecule has 4 heteroatoms. The molecular weight excluding hydrogens is 240 g/mol. The number of benzene rings is 2. The molecule has 0 spiro atoms. The van der Waals surface area contributed by atoms with Crippen LogP contribution in [0.15, 0.2) is 54.6 Å². The molecule has 0 aliphatic carbocycles. The average Bonchev–Trinajstić information content (AvgIpc) is 2.48. The molecule has 4 nitrogen and oxygen atoms in total. The minimum atomic E-state index is -0.966. The highest BCUT2D eigenvalue weighted by Gasteiger charge is 2.38. The lowest BCUT2D eigenvalue weighted by atomic mass is 9.95. The van der Waals surface area contributed by atoms with Crippen LogP contribution >= 0.6 is 0 Å². The Kier molecular flexibility index (Phi) is 2.72. The number of carbonyl (C=O) groups is 1. The first-order chi connectivity index (χ1) is 9.25. The summed E-state index contributed by atoms with van der Waals surface area (Å²) in [6.45, 7) is -0.225. The fourth-order valence-corrected chi connectivity index (χ4v) is 2.35. The lowest BCUT2D eigenvalue weighted by molar-refractivity contribution is 0.0843. The number of hydrogen-bond acceptors (Lipinski definition) is 3. The van der Waals surface area contributed by atoms with Crippen LogP contribution < -0.4 is 10.6 Å². The van der Waals surface area contributed by atoms with Crippen molar-refractivity contribution in [1.82, 2.24) is 5.32 Å². The predicted octanol–water partition coefficient (Wildman–Crippen LogP) is 1.69. The van der Waals surface area contributed by atoms with Crippen molar-refractivity contribution in [2.75, 3.05) is 11.9 Å². The molecule has 0 radical (unpaired) electrons. The van der Waals surface area contributed by atoms with Crippen molar-refractivity contribution >= 4 is 11.6 Å². The molecule has 3 rings (SSSR count). The van der Waals surface area contributed by atoms with Gasteiger partial charge in [0.2, 0.25) is 0 Å². The van der Waals surface area contributed by atoms with Crippen LogP contribution in [0.5, 0.6) is 0 Å². The number of fused-ring (bicyclic) bond motifs is 1. The van der Waals surface area contributed by atoms with Gasteiger partial charge >= 0.3 is 0 Å². The van der Waals surface area contributed by atoms with Crippen molar-refractivity contribution in [3.8, 4) is 0 Å². The summed E-state index contributed by atoms with van der Waals surface area (Å²) in [6, 6.07) is 16.7. The van der Waals surface area contributed by atoms with Gasteiger partial charge < -0.3 is 15.7 Å². The summed E-state index contributed by atoms with van der Waals surface area (Å²) < 4.78 is 0. The zero-order valence-electron chi connectivity index (χ0n) is 10.3. The van der Waals surface area contributed by atoms with Gasteiger partial charge in [-0.1, -0.05) is 42.5 Å². The van der Waals surface area contributed by atoms with E-state index in [9.17, 15) is 9.90 Å². The van der Waals surface area contributed by atoms with Gasteiger partial charge in [-0.15, -0.1) is 0 Å². The van der Waals surface area contributed by atoms with Gasteiger partial charge in [0.25, 0.3) is 5.91 Å². The fraction of sp³-hybridized carbons (Fsp3) is 0.133. The highest BCUT2D eigenvalue weighted by atomic mass is 16.3. The van der Waals surface area contributed by atoms with E-state index >= 15 is 0 Å². The molecule has 3 N–H and O–H groups in total. The molecule has 2 aromatic carbocycles. The Morgan fingerprint density at radius 2 is 1.63 bits per heavy atom. The number of carbonyl (C=O) groups excluding carboxylic acids is 1. The summed E-state index contributed by atoms with van der Waals surface area (Å²) in [5.41, 5.74) is 1.17. The van der Waals surface area contributed by atoms with Crippen LogP contribution in [0.3, 0.4) is 0 Å². The van der Waals surface area contributed by atoms with Gasteiger partial charge in [0, 0.05) is 5.69 Å². The van der Waals surface area contributed by atoms with E-state index in [0.29, 0.717) is 5.56 Å². The van der Waals surface area contributed by atoms with Crippen LogP contribution in [0.4, 0.5) is 5.69 Å². The second-order valence-electron chi connectivity index (χ2n) is 4.55. The molecular formula is C15H14N2O2. The van der Waals surface area contributed by atoms with Crippen LogP contribution in [-0.2, 0) is 5.66 Å². The van der Waals surface area contributed by atoms with E-state index in [2.05, 4.69) is 10.6 Å². The molecule has 0 bridgehead atoms. The first kappa shape index (κ1) is 11.7. The zero-order chi connectivity index (χ0) is 13.3. The third-order valence-electron chi connectivity index (χ3n) is 3.35. The fourth-order valence-electron chi connectivity index (χ4n) is 2.35. The summed E-state index contributed by atoms with van der Waals surface area (Å²) in [6.07, 6.45) is 0. The van der Waals surface area contributed by atoms with Crippen molar-refractivity contribution in [3.05, 3.63) is 65.7 Å². The molecule has 0 saturated carbocycles. The van der Waals surface area contributed by atoms with Crippen molar-refractivity contribution in [2.24, 2.45) is 0 Å². The van der Waals surface area contributed by atoms with Gasteiger partial charge in [-0.3, -0.25) is 4.79 Å². The SMILES string of the molecule is O=C1NC(CO)(c2ccccc2)Nc2ccccc21. The smallest absolute Gasteiger partial charge is 0.255 e. The second kappa shape index (κ2) is 4.40. The van der Waals surface area contributed by atoms with Gasteiger partial charge in [0.05, 0.1) is 12.2 Å². The van der Waals surface area contributed by atoms with Crippen molar-refractivity contribution < 1.29 is 9.90 Å². The van der Waals surface area contributed by atoms with Crippen LogP contribution in [0.1, 0.15) is 15.9 Å². The van der Waals surface area contributed by atoms with Gasteiger partial charge in [0.15, 0.2) is 5.66 Å². The van der Waals surface area contributed by atoms with Crippen LogP contribution in [0, 0.1) is 0 Å². The van der Waals surface area contributed by atoms with E-state index in [1.807, 2.05) is 48.5 Å². The first-order valence-corrected chi connectivity index (χ1v) is 6.11. The molecule has 1 aliphatic rings. The van der Waals surface area contributed by atoms with Crippen LogP contribution in [0.2, 0.25) is 0 Å². The zero-order valence-corrected chi connectivity index (χ0v) is 10.3. The lowest BCUT2D eigenvalue weighted by Gasteiger charge is -2.39.